The van der Waals surface area contributed by atoms with Crippen molar-refractivity contribution < 1.29 is 17.9 Å². The second-order valence-electron chi connectivity index (χ2n) is 6.72. The van der Waals surface area contributed by atoms with Crippen LogP contribution < -0.4 is 15.8 Å². The van der Waals surface area contributed by atoms with E-state index in [1.54, 1.807) is 26.2 Å². The molecule has 1 fully saturated rings. The largest absolute Gasteiger partial charge is 0.377 e. The van der Waals surface area contributed by atoms with Gasteiger partial charge in [-0.3, -0.25) is 9.93 Å². The molecular weight excluding hydrogens is 414 g/mol. The topological polar surface area (TPSA) is 131 Å². The number of carbonyl (C=O) groups excluding carboxylic acids is 1. The highest BCUT2D eigenvalue weighted by atomic mass is 32.2. The lowest BCUT2D eigenvalue weighted by Crippen LogP contribution is -2.49. The minimum absolute atomic E-state index is 0.0294. The third kappa shape index (κ3) is 4.64. The minimum Gasteiger partial charge on any atom is -0.377 e. The number of rotatable bonds is 4. The summed E-state index contributed by atoms with van der Waals surface area (Å²) in [6, 6.07) is 10.4. The monoisotopic (exact) mass is 437 g/mol. The molecule has 156 valence electrons. The third-order valence-electron chi connectivity index (χ3n) is 4.58. The van der Waals surface area contributed by atoms with Crippen LogP contribution in [0.5, 0.6) is 0 Å². The molecule has 9 nitrogen and oxygen atoms in total. The SMILES string of the molecule is CN(C)C(=O)C1CN(c2cccc3cc(S(=O)(=O)N=C(N)SN)ccc23)CCO1. The molecule has 1 aliphatic rings. The number of amides is 1. The second kappa shape index (κ2) is 8.57. The summed E-state index contributed by atoms with van der Waals surface area (Å²) in [4.78, 5) is 15.9. The van der Waals surface area contributed by atoms with Gasteiger partial charge in [-0.05, 0) is 35.5 Å². The normalized spacial score (nSPS) is 18.1. The standard InChI is InChI=1S/C18H23N5O4S2/c1-22(2)17(24)16-11-23(8-9-27-16)15-5-3-4-12-10-13(6-7-14(12)15)29(25,26)21-18(19)28-20/h3-7,10,16H,8-9,11,20H2,1-2H3,(H2,19,21). The molecule has 1 amide bonds. The van der Waals surface area contributed by atoms with E-state index in [1.807, 2.05) is 18.2 Å². The highest BCUT2D eigenvalue weighted by Crippen LogP contribution is 2.30. The van der Waals surface area contributed by atoms with Gasteiger partial charge in [-0.2, -0.15) is 8.42 Å². The quantitative estimate of drug-likeness (QED) is 0.407. The number of carbonyl (C=O) groups is 1. The Morgan fingerprint density at radius 2 is 2.07 bits per heavy atom. The highest BCUT2D eigenvalue weighted by molar-refractivity contribution is 8.12. The summed E-state index contributed by atoms with van der Waals surface area (Å²) in [5, 5.41) is 6.63. The summed E-state index contributed by atoms with van der Waals surface area (Å²) in [5.74, 6) is -0.0865. The average molecular weight is 438 g/mol. The molecule has 2 aromatic carbocycles. The fraction of sp³-hybridized carbons (Fsp3) is 0.333. The molecule has 29 heavy (non-hydrogen) atoms. The van der Waals surface area contributed by atoms with Crippen molar-refractivity contribution in [2.45, 2.75) is 11.0 Å². The lowest BCUT2D eigenvalue weighted by molar-refractivity contribution is -0.141. The molecule has 0 aromatic heterocycles. The number of nitrogens with two attached hydrogens (primary N) is 2. The van der Waals surface area contributed by atoms with Crippen molar-refractivity contribution in [1.82, 2.24) is 4.90 Å². The number of ether oxygens (including phenoxy) is 1. The second-order valence-corrected chi connectivity index (χ2v) is 8.98. The maximum atomic E-state index is 12.4. The van der Waals surface area contributed by atoms with Gasteiger partial charge in [0, 0.05) is 31.7 Å². The first-order valence-corrected chi connectivity index (χ1v) is 11.1. The number of hydrogen-bond donors (Lipinski definition) is 2. The van der Waals surface area contributed by atoms with E-state index in [0.717, 1.165) is 16.5 Å². The first-order chi connectivity index (χ1) is 13.7. The summed E-state index contributed by atoms with van der Waals surface area (Å²) in [5.41, 5.74) is 6.36. The Morgan fingerprint density at radius 1 is 1.31 bits per heavy atom. The molecule has 0 bridgehead atoms. The first-order valence-electron chi connectivity index (χ1n) is 8.80. The zero-order valence-electron chi connectivity index (χ0n) is 16.1. The van der Waals surface area contributed by atoms with Crippen molar-refractivity contribution in [1.29, 1.82) is 0 Å². The van der Waals surface area contributed by atoms with Gasteiger partial charge in [0.05, 0.1) is 18.0 Å². The maximum Gasteiger partial charge on any atom is 0.284 e. The van der Waals surface area contributed by atoms with Gasteiger partial charge in [-0.25, -0.2) is 0 Å². The summed E-state index contributed by atoms with van der Waals surface area (Å²) in [7, 11) is -0.557. The molecule has 3 rings (SSSR count). The fourth-order valence-electron chi connectivity index (χ4n) is 3.18. The van der Waals surface area contributed by atoms with Crippen LogP contribution in [0.3, 0.4) is 0 Å². The smallest absolute Gasteiger partial charge is 0.284 e. The molecule has 1 unspecified atom stereocenters. The molecule has 2 aromatic rings. The number of likely N-dealkylation sites (N-methyl/N-ethyl adjacent to an activating group) is 1. The Bertz CT molecular complexity index is 1060. The molecule has 1 atom stereocenters. The molecule has 0 aliphatic carbocycles. The average Bonchev–Trinajstić information content (AvgIpc) is 2.71. The van der Waals surface area contributed by atoms with Crippen LogP contribution in [0.4, 0.5) is 5.69 Å². The van der Waals surface area contributed by atoms with Crippen LogP contribution in [0.25, 0.3) is 10.8 Å². The molecule has 1 aliphatic heterocycles. The molecule has 1 saturated heterocycles. The van der Waals surface area contributed by atoms with E-state index < -0.39 is 16.1 Å². The van der Waals surface area contributed by atoms with Crippen LogP contribution in [-0.2, 0) is 19.6 Å². The van der Waals surface area contributed by atoms with Crippen molar-refractivity contribution in [3.8, 4) is 0 Å². The minimum atomic E-state index is -3.95. The van der Waals surface area contributed by atoms with E-state index >= 15 is 0 Å². The number of fused-ring (bicyclic) bond motifs is 1. The number of nitrogens with zero attached hydrogens (tertiary/aromatic N) is 3. The number of morpholine rings is 1. The first kappa shape index (κ1) is 21.4. The van der Waals surface area contributed by atoms with Gasteiger partial charge in [0.2, 0.25) is 0 Å². The van der Waals surface area contributed by atoms with Crippen molar-refractivity contribution >= 4 is 49.5 Å². The van der Waals surface area contributed by atoms with E-state index in [1.165, 1.54) is 11.0 Å². The number of benzene rings is 2. The van der Waals surface area contributed by atoms with Crippen LogP contribution in [-0.4, -0.2) is 64.3 Å². The van der Waals surface area contributed by atoms with E-state index in [2.05, 4.69) is 9.30 Å². The maximum absolute atomic E-state index is 12.4. The van der Waals surface area contributed by atoms with Gasteiger partial charge in [0.15, 0.2) is 11.3 Å². The fourth-order valence-corrected chi connectivity index (χ4v) is 4.50. The number of amidine groups is 1. The molecule has 0 radical (unpaired) electrons. The third-order valence-corrected chi connectivity index (χ3v) is 6.32. The lowest BCUT2D eigenvalue weighted by Gasteiger charge is -2.35. The molecular formula is C18H23N5O4S2. The summed E-state index contributed by atoms with van der Waals surface area (Å²) >= 11 is 0.575. The van der Waals surface area contributed by atoms with Crippen molar-refractivity contribution in [2.75, 3.05) is 38.7 Å². The van der Waals surface area contributed by atoms with Crippen molar-refractivity contribution in [3.05, 3.63) is 36.4 Å². The van der Waals surface area contributed by atoms with Crippen LogP contribution in [0.15, 0.2) is 45.7 Å². The predicted octanol–water partition coefficient (Wildman–Crippen LogP) is 0.744. The molecule has 0 saturated carbocycles. The Balaban J connectivity index is 1.96. The van der Waals surface area contributed by atoms with Gasteiger partial charge in [0.1, 0.15) is 0 Å². The van der Waals surface area contributed by atoms with Crippen LogP contribution in [0.1, 0.15) is 0 Å². The van der Waals surface area contributed by atoms with Gasteiger partial charge in [-0.1, -0.05) is 18.2 Å². The molecule has 0 spiro atoms. The van der Waals surface area contributed by atoms with Crippen LogP contribution in [0, 0.1) is 0 Å². The van der Waals surface area contributed by atoms with Crippen LogP contribution >= 0.6 is 11.9 Å². The highest BCUT2D eigenvalue weighted by Gasteiger charge is 2.28. The van der Waals surface area contributed by atoms with E-state index in [-0.39, 0.29) is 16.0 Å². The predicted molar refractivity (Wildman–Crippen MR) is 115 cm³/mol. The molecule has 4 N–H and O–H groups in total. The number of hydrogen-bond acceptors (Lipinski definition) is 7. The summed E-state index contributed by atoms with van der Waals surface area (Å²) in [6.45, 7) is 1.48. The Morgan fingerprint density at radius 3 is 2.76 bits per heavy atom. The van der Waals surface area contributed by atoms with Crippen molar-refractivity contribution in [3.63, 3.8) is 0 Å². The Kier molecular flexibility index (Phi) is 6.32. The van der Waals surface area contributed by atoms with Gasteiger partial charge < -0.3 is 20.3 Å². The van der Waals surface area contributed by atoms with Gasteiger partial charge in [0.25, 0.3) is 15.9 Å². The van der Waals surface area contributed by atoms with Gasteiger partial charge in [-0.15, -0.1) is 4.40 Å². The van der Waals surface area contributed by atoms with E-state index in [0.29, 0.717) is 31.6 Å². The summed E-state index contributed by atoms with van der Waals surface area (Å²) < 4.78 is 33.9. The van der Waals surface area contributed by atoms with Gasteiger partial charge >= 0.3 is 0 Å². The van der Waals surface area contributed by atoms with E-state index in [4.69, 9.17) is 15.6 Å². The lowest BCUT2D eigenvalue weighted by atomic mass is 10.1. The zero-order valence-corrected chi connectivity index (χ0v) is 17.7. The zero-order chi connectivity index (χ0) is 21.2. The van der Waals surface area contributed by atoms with Crippen molar-refractivity contribution in [2.24, 2.45) is 15.3 Å². The number of anilines is 1. The Labute approximate surface area is 173 Å². The van der Waals surface area contributed by atoms with Crippen LogP contribution in [0.2, 0.25) is 0 Å². The number of sulfonamides is 1. The molecule has 11 heteroatoms. The molecule has 1 heterocycles. The Hall–Kier alpha value is -2.34. The summed E-state index contributed by atoms with van der Waals surface area (Å²) in [6.07, 6.45) is -0.542. The van der Waals surface area contributed by atoms with E-state index in [9.17, 15) is 13.2 Å².